The smallest absolute Gasteiger partial charge is 0.116 e. The summed E-state index contributed by atoms with van der Waals surface area (Å²) in [5.41, 5.74) is 3.21. The summed E-state index contributed by atoms with van der Waals surface area (Å²) >= 11 is 6.38. The number of alkyl halides is 1. The Balaban J connectivity index is 2.14. The minimum atomic E-state index is -0.328. The zero-order valence-corrected chi connectivity index (χ0v) is 9.16. The van der Waals surface area contributed by atoms with E-state index in [0.29, 0.717) is 13.2 Å². The van der Waals surface area contributed by atoms with Crippen LogP contribution in [0.2, 0.25) is 0 Å². The molecule has 1 saturated heterocycles. The number of imidazole rings is 1. The lowest BCUT2D eigenvalue weighted by Gasteiger charge is -2.35. The molecule has 3 nitrogen and oxygen atoms in total. The first-order chi connectivity index (χ1) is 7.19. The molecule has 0 N–H and O–H groups in total. The lowest BCUT2D eigenvalue weighted by atomic mass is 9.96. The first-order valence-corrected chi connectivity index (χ1v) is 5.25. The fraction of sp³-hybridized carbons (Fsp3) is 0.364. The summed E-state index contributed by atoms with van der Waals surface area (Å²) < 4.78 is 7.15. The number of rotatable bonds is 1. The normalized spacial score (nSPS) is 19.1. The number of benzene rings is 1. The molecule has 0 aliphatic carbocycles. The Morgan fingerprint density at radius 1 is 1.47 bits per heavy atom. The van der Waals surface area contributed by atoms with Crippen molar-refractivity contribution in [1.82, 2.24) is 9.55 Å². The van der Waals surface area contributed by atoms with E-state index in [1.807, 2.05) is 24.0 Å². The van der Waals surface area contributed by atoms with Gasteiger partial charge in [0.25, 0.3) is 0 Å². The van der Waals surface area contributed by atoms with Crippen LogP contribution in [0.15, 0.2) is 24.5 Å². The maximum atomic E-state index is 6.38. The highest BCUT2D eigenvalue weighted by Crippen LogP contribution is 2.37. The van der Waals surface area contributed by atoms with Crippen molar-refractivity contribution in [2.45, 2.75) is 4.87 Å². The molecule has 0 saturated carbocycles. The Hall–Kier alpha value is -1.06. The monoisotopic (exact) mass is 222 g/mol. The van der Waals surface area contributed by atoms with E-state index in [1.54, 1.807) is 0 Å². The average molecular weight is 223 g/mol. The largest absolute Gasteiger partial charge is 0.377 e. The second-order valence-corrected chi connectivity index (χ2v) is 4.74. The quantitative estimate of drug-likeness (QED) is 0.691. The molecule has 0 atom stereocenters. The molecule has 0 radical (unpaired) electrons. The SMILES string of the molecule is Cn1cnc2cc(C3(Cl)COC3)ccc21. The van der Waals surface area contributed by atoms with E-state index < -0.39 is 0 Å². The van der Waals surface area contributed by atoms with Gasteiger partial charge in [0.1, 0.15) is 4.87 Å². The van der Waals surface area contributed by atoms with Crippen molar-refractivity contribution < 1.29 is 4.74 Å². The summed E-state index contributed by atoms with van der Waals surface area (Å²) in [6.45, 7) is 1.18. The van der Waals surface area contributed by atoms with Crippen LogP contribution in [-0.2, 0) is 16.7 Å². The third-order valence-electron chi connectivity index (χ3n) is 2.90. The Kier molecular flexibility index (Phi) is 1.82. The van der Waals surface area contributed by atoms with Gasteiger partial charge in [-0.3, -0.25) is 0 Å². The van der Waals surface area contributed by atoms with Crippen LogP contribution < -0.4 is 0 Å². The summed E-state index contributed by atoms with van der Waals surface area (Å²) in [5, 5.41) is 0. The molecule has 78 valence electrons. The molecule has 4 heteroatoms. The first kappa shape index (κ1) is 9.19. The zero-order chi connectivity index (χ0) is 10.5. The van der Waals surface area contributed by atoms with Crippen LogP contribution in [0.4, 0.5) is 0 Å². The Bertz CT molecular complexity index is 516. The van der Waals surface area contributed by atoms with Gasteiger partial charge in [0.05, 0.1) is 30.6 Å². The number of aromatic nitrogens is 2. The van der Waals surface area contributed by atoms with Crippen LogP contribution in [-0.4, -0.2) is 22.8 Å². The Morgan fingerprint density at radius 3 is 2.93 bits per heavy atom. The van der Waals surface area contributed by atoms with E-state index in [-0.39, 0.29) is 4.87 Å². The maximum absolute atomic E-state index is 6.38. The summed E-state index contributed by atoms with van der Waals surface area (Å²) in [6.07, 6.45) is 1.81. The standard InChI is InChI=1S/C11H11ClN2O/c1-14-7-13-9-4-8(2-3-10(9)14)11(12)5-15-6-11/h2-4,7H,5-6H2,1H3. The van der Waals surface area contributed by atoms with Gasteiger partial charge >= 0.3 is 0 Å². The molecule has 15 heavy (non-hydrogen) atoms. The van der Waals surface area contributed by atoms with Gasteiger partial charge in [0, 0.05) is 7.05 Å². The molecule has 3 rings (SSSR count). The maximum Gasteiger partial charge on any atom is 0.116 e. The molecule has 0 amide bonds. The van der Waals surface area contributed by atoms with Crippen molar-refractivity contribution in [3.8, 4) is 0 Å². The molecule has 1 aromatic heterocycles. The molecule has 2 heterocycles. The Labute approximate surface area is 92.6 Å². The van der Waals surface area contributed by atoms with Crippen molar-refractivity contribution in [3.05, 3.63) is 30.1 Å². The van der Waals surface area contributed by atoms with Crippen LogP contribution in [0.25, 0.3) is 11.0 Å². The summed E-state index contributed by atoms with van der Waals surface area (Å²) in [7, 11) is 1.98. The summed E-state index contributed by atoms with van der Waals surface area (Å²) in [4.78, 5) is 3.99. The number of aryl methyl sites for hydroxylation is 1. The number of nitrogens with zero attached hydrogens (tertiary/aromatic N) is 2. The van der Waals surface area contributed by atoms with Crippen molar-refractivity contribution in [2.75, 3.05) is 13.2 Å². The molecule has 0 unspecified atom stereocenters. The second-order valence-electron chi connectivity index (χ2n) is 4.02. The third-order valence-corrected chi connectivity index (χ3v) is 3.34. The third kappa shape index (κ3) is 1.27. The topological polar surface area (TPSA) is 27.1 Å². The number of halogens is 1. The van der Waals surface area contributed by atoms with Gasteiger partial charge in [0.15, 0.2) is 0 Å². The number of fused-ring (bicyclic) bond motifs is 1. The van der Waals surface area contributed by atoms with E-state index in [1.165, 1.54) is 0 Å². The fourth-order valence-electron chi connectivity index (χ4n) is 1.86. The molecule has 1 fully saturated rings. The lowest BCUT2D eigenvalue weighted by Crippen LogP contribution is -2.41. The van der Waals surface area contributed by atoms with Crippen molar-refractivity contribution in [3.63, 3.8) is 0 Å². The van der Waals surface area contributed by atoms with Gasteiger partial charge in [-0.15, -0.1) is 11.6 Å². The number of hydrogen-bond donors (Lipinski definition) is 0. The molecule has 1 aliphatic rings. The molecule has 1 aromatic carbocycles. The zero-order valence-electron chi connectivity index (χ0n) is 8.40. The van der Waals surface area contributed by atoms with Crippen molar-refractivity contribution in [2.24, 2.45) is 7.05 Å². The van der Waals surface area contributed by atoms with Crippen molar-refractivity contribution >= 4 is 22.6 Å². The first-order valence-electron chi connectivity index (χ1n) is 4.87. The van der Waals surface area contributed by atoms with E-state index in [4.69, 9.17) is 16.3 Å². The van der Waals surface area contributed by atoms with Gasteiger partial charge in [-0.05, 0) is 17.7 Å². The Morgan fingerprint density at radius 2 is 2.27 bits per heavy atom. The minimum Gasteiger partial charge on any atom is -0.377 e. The van der Waals surface area contributed by atoms with Gasteiger partial charge in [-0.25, -0.2) is 4.98 Å². The molecule has 1 aliphatic heterocycles. The van der Waals surface area contributed by atoms with Crippen LogP contribution in [0.1, 0.15) is 5.56 Å². The van der Waals surface area contributed by atoms with Gasteiger partial charge in [-0.1, -0.05) is 6.07 Å². The minimum absolute atomic E-state index is 0.328. The lowest BCUT2D eigenvalue weighted by molar-refractivity contribution is -0.0151. The fourth-order valence-corrected chi connectivity index (χ4v) is 2.13. The highest BCUT2D eigenvalue weighted by atomic mass is 35.5. The van der Waals surface area contributed by atoms with E-state index >= 15 is 0 Å². The van der Waals surface area contributed by atoms with Gasteiger partial charge < -0.3 is 9.30 Å². The predicted octanol–water partition coefficient (Wildman–Crippen LogP) is 2.04. The van der Waals surface area contributed by atoms with E-state index in [2.05, 4.69) is 17.1 Å². The molecular formula is C11H11ClN2O. The van der Waals surface area contributed by atoms with Crippen LogP contribution in [0.5, 0.6) is 0 Å². The number of ether oxygens (including phenoxy) is 1. The predicted molar refractivity (Wildman–Crippen MR) is 59.1 cm³/mol. The van der Waals surface area contributed by atoms with E-state index in [9.17, 15) is 0 Å². The molecule has 0 bridgehead atoms. The van der Waals surface area contributed by atoms with Crippen LogP contribution >= 0.6 is 11.6 Å². The summed E-state index contributed by atoms with van der Waals surface area (Å²) in [5.74, 6) is 0. The second kappa shape index (κ2) is 2.97. The van der Waals surface area contributed by atoms with Gasteiger partial charge in [0.2, 0.25) is 0 Å². The summed E-state index contributed by atoms with van der Waals surface area (Å²) in [6, 6.07) is 6.16. The average Bonchev–Trinajstić information content (AvgIpc) is 2.56. The van der Waals surface area contributed by atoms with Crippen LogP contribution in [0, 0.1) is 0 Å². The van der Waals surface area contributed by atoms with Crippen molar-refractivity contribution in [1.29, 1.82) is 0 Å². The highest BCUT2D eigenvalue weighted by Gasteiger charge is 2.38. The molecular weight excluding hydrogens is 212 g/mol. The van der Waals surface area contributed by atoms with Gasteiger partial charge in [-0.2, -0.15) is 0 Å². The van der Waals surface area contributed by atoms with E-state index in [0.717, 1.165) is 16.6 Å². The van der Waals surface area contributed by atoms with Crippen LogP contribution in [0.3, 0.4) is 0 Å². The molecule has 0 spiro atoms. The highest BCUT2D eigenvalue weighted by molar-refractivity contribution is 6.24. The number of hydrogen-bond acceptors (Lipinski definition) is 2. The molecule has 2 aromatic rings.